The second-order valence-corrected chi connectivity index (χ2v) is 4.64. The second-order valence-electron chi connectivity index (χ2n) is 4.64. The number of benzene rings is 1. The molecule has 0 aliphatic rings. The van der Waals surface area contributed by atoms with E-state index in [0.29, 0.717) is 11.5 Å². The van der Waals surface area contributed by atoms with Crippen LogP contribution in [0.4, 0.5) is 0 Å². The molecule has 0 aliphatic carbocycles. The zero-order valence-electron chi connectivity index (χ0n) is 13.6. The highest BCUT2D eigenvalue weighted by molar-refractivity contribution is 5.88. The summed E-state index contributed by atoms with van der Waals surface area (Å²) in [4.78, 5) is 23.0. The van der Waals surface area contributed by atoms with Crippen molar-refractivity contribution in [2.24, 2.45) is 0 Å². The van der Waals surface area contributed by atoms with Gasteiger partial charge in [-0.05, 0) is 30.7 Å². The van der Waals surface area contributed by atoms with Crippen molar-refractivity contribution in [3.05, 3.63) is 42.0 Å². The predicted molar refractivity (Wildman–Crippen MR) is 85.0 cm³/mol. The highest BCUT2D eigenvalue weighted by atomic mass is 16.7. The van der Waals surface area contributed by atoms with Crippen LogP contribution in [-0.2, 0) is 19.1 Å². The van der Waals surface area contributed by atoms with E-state index in [4.69, 9.17) is 18.9 Å². The molecule has 0 spiro atoms. The summed E-state index contributed by atoms with van der Waals surface area (Å²) in [5, 5.41) is 0. The van der Waals surface area contributed by atoms with Gasteiger partial charge in [-0.1, -0.05) is 12.6 Å². The van der Waals surface area contributed by atoms with E-state index < -0.39 is 18.2 Å². The van der Waals surface area contributed by atoms with Crippen molar-refractivity contribution >= 4 is 18.0 Å². The van der Waals surface area contributed by atoms with E-state index in [1.807, 2.05) is 0 Å². The summed E-state index contributed by atoms with van der Waals surface area (Å²) in [7, 11) is 3.07. The lowest BCUT2D eigenvalue weighted by atomic mass is 10.2. The maximum Gasteiger partial charge on any atom is 0.336 e. The monoisotopic (exact) mass is 320 g/mol. The first-order chi connectivity index (χ1) is 10.9. The summed E-state index contributed by atoms with van der Waals surface area (Å²) >= 11 is 0. The molecular weight excluding hydrogens is 300 g/mol. The highest BCUT2D eigenvalue weighted by Crippen LogP contribution is 2.27. The lowest BCUT2D eigenvalue weighted by molar-refractivity contribution is -0.177. The molecule has 0 amide bonds. The fraction of sp³-hybridized carbons (Fsp3) is 0.294. The van der Waals surface area contributed by atoms with E-state index in [2.05, 4.69) is 6.58 Å². The first-order valence-corrected chi connectivity index (χ1v) is 6.84. The van der Waals surface area contributed by atoms with Gasteiger partial charge in [0.05, 0.1) is 14.2 Å². The molecule has 1 aromatic carbocycles. The number of ether oxygens (including phenoxy) is 4. The van der Waals surface area contributed by atoms with E-state index >= 15 is 0 Å². The predicted octanol–water partition coefficient (Wildman–Crippen LogP) is 2.73. The quantitative estimate of drug-likeness (QED) is 0.437. The average Bonchev–Trinajstić information content (AvgIpc) is 2.52. The normalized spacial score (nSPS) is 11.7. The van der Waals surface area contributed by atoms with Crippen molar-refractivity contribution < 1.29 is 28.5 Å². The van der Waals surface area contributed by atoms with Gasteiger partial charge in [0, 0.05) is 18.6 Å². The Bertz CT molecular complexity index is 618. The summed E-state index contributed by atoms with van der Waals surface area (Å²) in [6.45, 7) is 6.40. The van der Waals surface area contributed by atoms with Crippen molar-refractivity contribution in [2.75, 3.05) is 14.2 Å². The highest BCUT2D eigenvalue weighted by Gasteiger charge is 2.13. The van der Waals surface area contributed by atoms with Gasteiger partial charge in [-0.3, -0.25) is 0 Å². The minimum absolute atomic E-state index is 0.230. The molecule has 0 aliphatic heterocycles. The Morgan fingerprint density at radius 3 is 2.35 bits per heavy atom. The molecular formula is C17H20O6. The molecule has 1 aromatic rings. The first-order valence-electron chi connectivity index (χ1n) is 6.84. The summed E-state index contributed by atoms with van der Waals surface area (Å²) in [6, 6.07) is 5.20. The largest absolute Gasteiger partial charge is 0.493 e. The van der Waals surface area contributed by atoms with Crippen LogP contribution < -0.4 is 9.47 Å². The Balaban J connectivity index is 2.65. The second kappa shape index (κ2) is 8.63. The van der Waals surface area contributed by atoms with Crippen LogP contribution in [0, 0.1) is 0 Å². The number of hydrogen-bond donors (Lipinski definition) is 0. The Morgan fingerprint density at radius 2 is 1.78 bits per heavy atom. The minimum atomic E-state index is -0.998. The molecule has 1 rings (SSSR count). The Labute approximate surface area is 135 Å². The topological polar surface area (TPSA) is 71.1 Å². The van der Waals surface area contributed by atoms with E-state index in [9.17, 15) is 9.59 Å². The number of hydrogen-bond acceptors (Lipinski definition) is 6. The fourth-order valence-electron chi connectivity index (χ4n) is 1.60. The SMILES string of the molecule is C=C(C)C(=O)OC(C)OC(=O)C=Cc1ccc(OC)c(OC)c1. The molecule has 124 valence electrons. The van der Waals surface area contributed by atoms with Gasteiger partial charge in [-0.2, -0.15) is 0 Å². The van der Waals surface area contributed by atoms with E-state index in [-0.39, 0.29) is 5.57 Å². The number of carbonyl (C=O) groups excluding carboxylic acids is 2. The maximum absolute atomic E-state index is 11.7. The number of methoxy groups -OCH3 is 2. The van der Waals surface area contributed by atoms with Gasteiger partial charge in [0.25, 0.3) is 0 Å². The van der Waals surface area contributed by atoms with Gasteiger partial charge in [-0.15, -0.1) is 0 Å². The summed E-state index contributed by atoms with van der Waals surface area (Å²) in [5.74, 6) is -0.115. The summed E-state index contributed by atoms with van der Waals surface area (Å²) < 4.78 is 20.1. The zero-order valence-corrected chi connectivity index (χ0v) is 13.6. The van der Waals surface area contributed by atoms with Crippen LogP contribution in [-0.4, -0.2) is 32.4 Å². The lowest BCUT2D eigenvalue weighted by Gasteiger charge is -2.12. The van der Waals surface area contributed by atoms with Crippen LogP contribution in [0.2, 0.25) is 0 Å². The van der Waals surface area contributed by atoms with Gasteiger partial charge in [0.15, 0.2) is 11.5 Å². The van der Waals surface area contributed by atoms with Gasteiger partial charge in [0.2, 0.25) is 6.29 Å². The van der Waals surface area contributed by atoms with Crippen molar-refractivity contribution in [2.45, 2.75) is 20.1 Å². The lowest BCUT2D eigenvalue weighted by Crippen LogP contribution is -2.20. The van der Waals surface area contributed by atoms with Crippen molar-refractivity contribution in [1.29, 1.82) is 0 Å². The zero-order chi connectivity index (χ0) is 17.4. The van der Waals surface area contributed by atoms with Crippen LogP contribution >= 0.6 is 0 Å². The molecule has 0 aromatic heterocycles. The molecule has 23 heavy (non-hydrogen) atoms. The Hall–Kier alpha value is -2.76. The molecule has 0 fully saturated rings. The van der Waals surface area contributed by atoms with Crippen molar-refractivity contribution in [3.8, 4) is 11.5 Å². The molecule has 0 N–H and O–H groups in total. The molecule has 0 bridgehead atoms. The molecule has 0 heterocycles. The molecule has 0 radical (unpaired) electrons. The third-order valence-corrected chi connectivity index (χ3v) is 2.72. The average molecular weight is 320 g/mol. The Morgan fingerprint density at radius 1 is 1.13 bits per heavy atom. The van der Waals surface area contributed by atoms with Crippen molar-refractivity contribution in [1.82, 2.24) is 0 Å². The minimum Gasteiger partial charge on any atom is -0.493 e. The van der Waals surface area contributed by atoms with Crippen LogP contribution in [0.15, 0.2) is 36.4 Å². The molecule has 6 heteroatoms. The van der Waals surface area contributed by atoms with Gasteiger partial charge < -0.3 is 18.9 Å². The van der Waals surface area contributed by atoms with Crippen LogP contribution in [0.1, 0.15) is 19.4 Å². The molecule has 0 saturated heterocycles. The van der Waals surface area contributed by atoms with E-state index in [1.54, 1.807) is 31.4 Å². The number of carbonyl (C=O) groups is 2. The van der Waals surface area contributed by atoms with E-state index in [0.717, 1.165) is 5.56 Å². The van der Waals surface area contributed by atoms with Gasteiger partial charge >= 0.3 is 11.9 Å². The number of rotatable bonds is 7. The molecule has 1 unspecified atom stereocenters. The molecule has 1 atom stereocenters. The molecule has 6 nitrogen and oxygen atoms in total. The number of esters is 2. The van der Waals surface area contributed by atoms with Gasteiger partial charge in [-0.25, -0.2) is 9.59 Å². The maximum atomic E-state index is 11.7. The summed E-state index contributed by atoms with van der Waals surface area (Å²) in [6.07, 6.45) is 1.78. The van der Waals surface area contributed by atoms with Crippen LogP contribution in [0.3, 0.4) is 0 Å². The first kappa shape index (κ1) is 18.3. The molecule has 0 saturated carbocycles. The Kier molecular flexibility index (Phi) is 6.86. The third-order valence-electron chi connectivity index (χ3n) is 2.72. The smallest absolute Gasteiger partial charge is 0.336 e. The van der Waals surface area contributed by atoms with Crippen LogP contribution in [0.5, 0.6) is 11.5 Å². The fourth-order valence-corrected chi connectivity index (χ4v) is 1.60. The standard InChI is InChI=1S/C17H20O6/c1-11(2)17(19)23-12(3)22-16(18)9-7-13-6-8-14(20-4)15(10-13)21-5/h6-10,12H,1H2,2-5H3. The van der Waals surface area contributed by atoms with E-state index in [1.165, 1.54) is 27.0 Å². The van der Waals surface area contributed by atoms with Crippen molar-refractivity contribution in [3.63, 3.8) is 0 Å². The van der Waals surface area contributed by atoms with Gasteiger partial charge in [0.1, 0.15) is 0 Å². The summed E-state index contributed by atoms with van der Waals surface area (Å²) in [5.41, 5.74) is 0.958. The van der Waals surface area contributed by atoms with Crippen LogP contribution in [0.25, 0.3) is 6.08 Å². The third kappa shape index (κ3) is 5.86.